The number of aliphatic imine (C=N–C) groups is 1. The predicted octanol–water partition coefficient (Wildman–Crippen LogP) is 6.59. The fourth-order valence-electron chi connectivity index (χ4n) is 2.50. The van der Waals surface area contributed by atoms with Gasteiger partial charge in [-0.25, -0.2) is 0 Å². The van der Waals surface area contributed by atoms with Crippen molar-refractivity contribution in [3.63, 3.8) is 0 Å². The Morgan fingerprint density at radius 2 is 1.81 bits per heavy atom. The first-order chi connectivity index (χ1) is 13.1. The summed E-state index contributed by atoms with van der Waals surface area (Å²) < 4.78 is 12.5. The third kappa shape index (κ3) is 5.23. The standard InChI is InChI=1S/C22H19ClINO2/c1-15-7-9-18(10-8-15)25-13-16-11-20(24)22(21(12-16)26-2)27-14-17-5-3-4-6-19(17)23/h3-13H,14H2,1-2H3. The van der Waals surface area contributed by atoms with E-state index in [9.17, 15) is 0 Å². The molecule has 0 unspecified atom stereocenters. The van der Waals surface area contributed by atoms with Crippen molar-refractivity contribution < 1.29 is 9.47 Å². The average molecular weight is 492 g/mol. The van der Waals surface area contributed by atoms with Crippen LogP contribution in [0, 0.1) is 10.5 Å². The molecule has 0 aromatic heterocycles. The largest absolute Gasteiger partial charge is 0.493 e. The van der Waals surface area contributed by atoms with Crippen LogP contribution in [0.4, 0.5) is 5.69 Å². The number of nitrogens with zero attached hydrogens (tertiary/aromatic N) is 1. The number of benzene rings is 3. The molecule has 3 rings (SSSR count). The molecule has 3 nitrogen and oxygen atoms in total. The van der Waals surface area contributed by atoms with Crippen molar-refractivity contribution in [2.45, 2.75) is 13.5 Å². The lowest BCUT2D eigenvalue weighted by Crippen LogP contribution is -2.01. The van der Waals surface area contributed by atoms with Crippen LogP contribution < -0.4 is 9.47 Å². The molecule has 0 heterocycles. The van der Waals surface area contributed by atoms with Gasteiger partial charge < -0.3 is 9.47 Å². The molecule has 0 fully saturated rings. The molecule has 0 aliphatic rings. The minimum atomic E-state index is 0.378. The number of halogens is 2. The van der Waals surface area contributed by atoms with Gasteiger partial charge in [-0.15, -0.1) is 0 Å². The van der Waals surface area contributed by atoms with E-state index in [2.05, 4.69) is 34.5 Å². The molecule has 0 spiro atoms. The molecule has 138 valence electrons. The minimum absolute atomic E-state index is 0.378. The summed E-state index contributed by atoms with van der Waals surface area (Å²) in [5.41, 5.74) is 4.00. The molecule has 5 heteroatoms. The van der Waals surface area contributed by atoms with Gasteiger partial charge in [-0.05, 0) is 65.4 Å². The monoisotopic (exact) mass is 491 g/mol. The SMILES string of the molecule is COc1cc(C=Nc2ccc(C)cc2)cc(I)c1OCc1ccccc1Cl. The molecule has 0 atom stereocenters. The molecule has 0 saturated carbocycles. The topological polar surface area (TPSA) is 30.8 Å². The van der Waals surface area contributed by atoms with E-state index in [-0.39, 0.29) is 0 Å². The van der Waals surface area contributed by atoms with E-state index in [0.29, 0.717) is 23.1 Å². The number of ether oxygens (including phenoxy) is 2. The van der Waals surface area contributed by atoms with Gasteiger partial charge in [0.15, 0.2) is 11.5 Å². The number of hydrogen-bond donors (Lipinski definition) is 0. The lowest BCUT2D eigenvalue weighted by Gasteiger charge is -2.14. The van der Waals surface area contributed by atoms with Crippen molar-refractivity contribution in [3.05, 3.63) is 85.9 Å². The number of hydrogen-bond acceptors (Lipinski definition) is 3. The molecule has 0 amide bonds. The fourth-order valence-corrected chi connectivity index (χ4v) is 3.47. The third-order valence-electron chi connectivity index (χ3n) is 3.98. The number of methoxy groups -OCH3 is 1. The van der Waals surface area contributed by atoms with Crippen LogP contribution in [0.25, 0.3) is 0 Å². The van der Waals surface area contributed by atoms with E-state index >= 15 is 0 Å². The maximum Gasteiger partial charge on any atom is 0.174 e. The van der Waals surface area contributed by atoms with Gasteiger partial charge in [-0.3, -0.25) is 4.99 Å². The van der Waals surface area contributed by atoms with Gasteiger partial charge in [0.05, 0.1) is 16.4 Å². The molecule has 27 heavy (non-hydrogen) atoms. The normalized spacial score (nSPS) is 11.0. The summed E-state index contributed by atoms with van der Waals surface area (Å²) in [7, 11) is 1.63. The Kier molecular flexibility index (Phi) is 6.74. The molecule has 0 saturated heterocycles. The van der Waals surface area contributed by atoms with Crippen molar-refractivity contribution in [1.29, 1.82) is 0 Å². The van der Waals surface area contributed by atoms with Crippen LogP contribution in [0.2, 0.25) is 5.02 Å². The van der Waals surface area contributed by atoms with Crippen molar-refractivity contribution in [2.24, 2.45) is 4.99 Å². The zero-order chi connectivity index (χ0) is 19.2. The van der Waals surface area contributed by atoms with Crippen LogP contribution in [0.5, 0.6) is 11.5 Å². The molecule has 0 bridgehead atoms. The highest BCUT2D eigenvalue weighted by molar-refractivity contribution is 14.1. The molecule has 0 aliphatic heterocycles. The first kappa shape index (κ1) is 19.7. The zero-order valence-corrected chi connectivity index (χ0v) is 18.0. The van der Waals surface area contributed by atoms with Gasteiger partial charge in [0.2, 0.25) is 0 Å². The van der Waals surface area contributed by atoms with Crippen LogP contribution in [-0.2, 0) is 6.61 Å². The molecule has 0 aliphatic carbocycles. The van der Waals surface area contributed by atoms with Gasteiger partial charge in [-0.1, -0.05) is 47.5 Å². The van der Waals surface area contributed by atoms with E-state index in [4.69, 9.17) is 21.1 Å². The van der Waals surface area contributed by atoms with Gasteiger partial charge in [0.25, 0.3) is 0 Å². The molecule has 3 aromatic carbocycles. The predicted molar refractivity (Wildman–Crippen MR) is 120 cm³/mol. The van der Waals surface area contributed by atoms with Crippen molar-refractivity contribution in [3.8, 4) is 11.5 Å². The Morgan fingerprint density at radius 1 is 1.07 bits per heavy atom. The van der Waals surface area contributed by atoms with E-state index in [1.54, 1.807) is 7.11 Å². The van der Waals surface area contributed by atoms with Crippen LogP contribution in [-0.4, -0.2) is 13.3 Å². The maximum atomic E-state index is 6.21. The third-order valence-corrected chi connectivity index (χ3v) is 5.15. The van der Waals surface area contributed by atoms with Gasteiger partial charge >= 0.3 is 0 Å². The van der Waals surface area contributed by atoms with Crippen molar-refractivity contribution in [1.82, 2.24) is 0 Å². The highest BCUT2D eigenvalue weighted by atomic mass is 127. The highest BCUT2D eigenvalue weighted by Gasteiger charge is 2.12. The number of rotatable bonds is 6. The molecule has 0 N–H and O–H groups in total. The smallest absolute Gasteiger partial charge is 0.174 e. The summed E-state index contributed by atoms with van der Waals surface area (Å²) in [5, 5.41) is 0.688. The Bertz CT molecular complexity index is 955. The Hall–Kier alpha value is -2.05. The summed E-state index contributed by atoms with van der Waals surface area (Å²) in [6.07, 6.45) is 1.83. The minimum Gasteiger partial charge on any atom is -0.493 e. The number of aryl methyl sites for hydroxylation is 1. The van der Waals surface area contributed by atoms with Crippen LogP contribution in [0.1, 0.15) is 16.7 Å². The fraction of sp³-hybridized carbons (Fsp3) is 0.136. The highest BCUT2D eigenvalue weighted by Crippen LogP contribution is 2.34. The second-order valence-corrected chi connectivity index (χ2v) is 7.58. The average Bonchev–Trinajstić information content (AvgIpc) is 2.67. The van der Waals surface area contributed by atoms with E-state index in [1.807, 2.05) is 66.9 Å². The van der Waals surface area contributed by atoms with E-state index < -0.39 is 0 Å². The van der Waals surface area contributed by atoms with E-state index in [0.717, 1.165) is 20.4 Å². The summed E-state index contributed by atoms with van der Waals surface area (Å²) in [5.74, 6) is 1.37. The lowest BCUT2D eigenvalue weighted by molar-refractivity contribution is 0.282. The van der Waals surface area contributed by atoms with Crippen LogP contribution >= 0.6 is 34.2 Å². The first-order valence-electron chi connectivity index (χ1n) is 8.41. The second-order valence-electron chi connectivity index (χ2n) is 6.01. The van der Waals surface area contributed by atoms with Crippen molar-refractivity contribution in [2.75, 3.05) is 7.11 Å². The van der Waals surface area contributed by atoms with Gasteiger partial charge in [0, 0.05) is 16.8 Å². The Morgan fingerprint density at radius 3 is 2.52 bits per heavy atom. The van der Waals surface area contributed by atoms with Gasteiger partial charge in [0.1, 0.15) is 6.61 Å². The van der Waals surface area contributed by atoms with Crippen molar-refractivity contribution >= 4 is 46.1 Å². The van der Waals surface area contributed by atoms with E-state index in [1.165, 1.54) is 5.56 Å². The quantitative estimate of drug-likeness (QED) is 0.288. The zero-order valence-electron chi connectivity index (χ0n) is 15.1. The lowest BCUT2D eigenvalue weighted by atomic mass is 10.2. The molecular formula is C22H19ClINO2. The Balaban J connectivity index is 1.80. The first-order valence-corrected chi connectivity index (χ1v) is 9.87. The second kappa shape index (κ2) is 9.24. The van der Waals surface area contributed by atoms with Crippen LogP contribution in [0.3, 0.4) is 0 Å². The molecule has 3 aromatic rings. The Labute approximate surface area is 178 Å². The maximum absolute atomic E-state index is 6.21. The molecular weight excluding hydrogens is 473 g/mol. The summed E-state index contributed by atoms with van der Waals surface area (Å²) in [6, 6.07) is 19.7. The van der Waals surface area contributed by atoms with Gasteiger partial charge in [-0.2, -0.15) is 0 Å². The summed E-state index contributed by atoms with van der Waals surface area (Å²) >= 11 is 8.45. The molecule has 0 radical (unpaired) electrons. The summed E-state index contributed by atoms with van der Waals surface area (Å²) in [6.45, 7) is 2.44. The summed E-state index contributed by atoms with van der Waals surface area (Å²) in [4.78, 5) is 4.53. The van der Waals surface area contributed by atoms with Crippen LogP contribution in [0.15, 0.2) is 65.7 Å².